The van der Waals surface area contributed by atoms with Crippen molar-refractivity contribution in [3.8, 4) is 6.07 Å². The summed E-state index contributed by atoms with van der Waals surface area (Å²) in [5.74, 6) is 0.334. The molecule has 29 heavy (non-hydrogen) atoms. The minimum atomic E-state index is -0.323. The van der Waals surface area contributed by atoms with Gasteiger partial charge in [-0.05, 0) is 49.1 Å². The highest BCUT2D eigenvalue weighted by molar-refractivity contribution is 5.80. The number of rotatable bonds is 5. The molecule has 152 valence electrons. The molecule has 0 spiro atoms. The van der Waals surface area contributed by atoms with Gasteiger partial charge in [-0.25, -0.2) is 4.39 Å². The Kier molecular flexibility index (Phi) is 7.20. The predicted octanol–water partition coefficient (Wildman–Crippen LogP) is 3.34. The summed E-state index contributed by atoms with van der Waals surface area (Å²) >= 11 is 0. The van der Waals surface area contributed by atoms with Crippen LogP contribution in [0.1, 0.15) is 35.1 Å². The number of hydrogen-bond acceptors (Lipinski definition) is 3. The molecule has 0 bridgehead atoms. The number of benzene rings is 2. The van der Waals surface area contributed by atoms with Crippen molar-refractivity contribution >= 4 is 5.96 Å². The van der Waals surface area contributed by atoms with Gasteiger partial charge in [-0.3, -0.25) is 9.89 Å². The van der Waals surface area contributed by atoms with Crippen molar-refractivity contribution in [1.82, 2.24) is 15.5 Å². The zero-order valence-corrected chi connectivity index (χ0v) is 17.1. The summed E-state index contributed by atoms with van der Waals surface area (Å²) in [6, 6.07) is 15.3. The Labute approximate surface area is 172 Å². The molecule has 0 amide bonds. The first-order valence-electron chi connectivity index (χ1n) is 10.0. The van der Waals surface area contributed by atoms with Crippen molar-refractivity contribution in [3.63, 3.8) is 0 Å². The van der Waals surface area contributed by atoms with Gasteiger partial charge in [-0.2, -0.15) is 5.26 Å². The van der Waals surface area contributed by atoms with Crippen LogP contribution in [0.5, 0.6) is 0 Å². The molecular formula is C23H28FN5. The van der Waals surface area contributed by atoms with Crippen molar-refractivity contribution < 1.29 is 4.39 Å². The molecule has 0 saturated carbocycles. The third-order valence-corrected chi connectivity index (χ3v) is 5.43. The van der Waals surface area contributed by atoms with E-state index in [9.17, 15) is 4.39 Å². The van der Waals surface area contributed by atoms with Gasteiger partial charge >= 0.3 is 0 Å². The lowest BCUT2D eigenvalue weighted by Gasteiger charge is -2.33. The zero-order chi connectivity index (χ0) is 20.6. The summed E-state index contributed by atoms with van der Waals surface area (Å²) < 4.78 is 14.0. The number of nitrogens with one attached hydrogen (secondary N) is 2. The van der Waals surface area contributed by atoms with E-state index in [4.69, 9.17) is 5.26 Å². The Hall–Kier alpha value is -2.91. The average Bonchev–Trinajstić information content (AvgIpc) is 2.75. The van der Waals surface area contributed by atoms with E-state index in [0.29, 0.717) is 23.1 Å². The Morgan fingerprint density at radius 1 is 1.21 bits per heavy atom. The Morgan fingerprint density at radius 3 is 2.66 bits per heavy atom. The summed E-state index contributed by atoms with van der Waals surface area (Å²) in [6.07, 6.45) is 2.07. The number of nitrogens with zero attached hydrogens (tertiary/aromatic N) is 3. The molecule has 6 heteroatoms. The molecule has 0 radical (unpaired) electrons. The summed E-state index contributed by atoms with van der Waals surface area (Å²) in [5, 5.41) is 15.6. The van der Waals surface area contributed by atoms with Crippen molar-refractivity contribution in [2.75, 3.05) is 20.1 Å². The van der Waals surface area contributed by atoms with Gasteiger partial charge in [0, 0.05) is 44.8 Å². The van der Waals surface area contributed by atoms with Crippen LogP contribution in [0, 0.1) is 24.1 Å². The maximum Gasteiger partial charge on any atom is 0.191 e. The summed E-state index contributed by atoms with van der Waals surface area (Å²) in [7, 11) is 1.71. The molecule has 1 heterocycles. The first-order valence-corrected chi connectivity index (χ1v) is 10.0. The lowest BCUT2D eigenvalue weighted by molar-refractivity contribution is 0.198. The molecule has 1 saturated heterocycles. The van der Waals surface area contributed by atoms with Gasteiger partial charge in [-0.1, -0.05) is 24.3 Å². The molecule has 3 rings (SSSR count). The molecule has 5 nitrogen and oxygen atoms in total. The number of halogens is 1. The van der Waals surface area contributed by atoms with E-state index in [1.165, 1.54) is 23.3 Å². The second-order valence-electron chi connectivity index (χ2n) is 7.47. The first-order chi connectivity index (χ1) is 14.1. The summed E-state index contributed by atoms with van der Waals surface area (Å²) in [5.41, 5.74) is 3.63. The van der Waals surface area contributed by atoms with Crippen LogP contribution >= 0.6 is 0 Å². The van der Waals surface area contributed by atoms with Crippen LogP contribution in [0.3, 0.4) is 0 Å². The van der Waals surface area contributed by atoms with Crippen molar-refractivity contribution in [1.29, 1.82) is 5.26 Å². The van der Waals surface area contributed by atoms with Gasteiger partial charge in [-0.15, -0.1) is 0 Å². The van der Waals surface area contributed by atoms with E-state index in [-0.39, 0.29) is 12.4 Å². The second kappa shape index (κ2) is 10.0. The van der Waals surface area contributed by atoms with Crippen LogP contribution in [0.15, 0.2) is 47.5 Å². The van der Waals surface area contributed by atoms with Crippen molar-refractivity contribution in [2.45, 2.75) is 38.9 Å². The maximum absolute atomic E-state index is 14.0. The third-order valence-electron chi connectivity index (χ3n) is 5.43. The van der Waals surface area contributed by atoms with E-state index >= 15 is 0 Å². The molecule has 2 aromatic carbocycles. The number of nitriles is 1. The summed E-state index contributed by atoms with van der Waals surface area (Å²) in [4.78, 5) is 6.75. The Balaban J connectivity index is 1.48. The smallest absolute Gasteiger partial charge is 0.191 e. The monoisotopic (exact) mass is 393 g/mol. The highest BCUT2D eigenvalue weighted by Gasteiger charge is 2.20. The van der Waals surface area contributed by atoms with E-state index in [2.05, 4.69) is 51.7 Å². The van der Waals surface area contributed by atoms with Crippen LogP contribution in [0.25, 0.3) is 0 Å². The van der Waals surface area contributed by atoms with Crippen LogP contribution in [-0.2, 0) is 13.1 Å². The molecule has 1 aliphatic rings. The highest BCUT2D eigenvalue weighted by Crippen LogP contribution is 2.16. The first kappa shape index (κ1) is 20.8. The van der Waals surface area contributed by atoms with Crippen LogP contribution < -0.4 is 10.6 Å². The van der Waals surface area contributed by atoms with E-state index in [0.717, 1.165) is 32.5 Å². The van der Waals surface area contributed by atoms with Gasteiger partial charge < -0.3 is 10.6 Å². The number of aryl methyl sites for hydroxylation is 1. The molecule has 1 aliphatic heterocycles. The number of guanidine groups is 1. The van der Waals surface area contributed by atoms with Crippen LogP contribution in [0.4, 0.5) is 4.39 Å². The van der Waals surface area contributed by atoms with E-state index < -0.39 is 0 Å². The fourth-order valence-corrected chi connectivity index (χ4v) is 3.61. The number of likely N-dealkylation sites (tertiary alicyclic amines) is 1. The van der Waals surface area contributed by atoms with Crippen LogP contribution in [0.2, 0.25) is 0 Å². The second-order valence-corrected chi connectivity index (χ2v) is 7.47. The minimum absolute atomic E-state index is 0.285. The highest BCUT2D eigenvalue weighted by atomic mass is 19.1. The van der Waals surface area contributed by atoms with Gasteiger partial charge in [0.25, 0.3) is 0 Å². The van der Waals surface area contributed by atoms with Gasteiger partial charge in [0.05, 0.1) is 11.6 Å². The summed E-state index contributed by atoms with van der Waals surface area (Å²) in [6.45, 7) is 5.49. The lowest BCUT2D eigenvalue weighted by atomic mass is 10.0. The minimum Gasteiger partial charge on any atom is -0.354 e. The van der Waals surface area contributed by atoms with E-state index in [1.54, 1.807) is 13.1 Å². The zero-order valence-electron chi connectivity index (χ0n) is 17.1. The largest absolute Gasteiger partial charge is 0.354 e. The number of aliphatic imine (C=N–C) groups is 1. The van der Waals surface area contributed by atoms with Crippen molar-refractivity contribution in [3.05, 3.63) is 70.5 Å². The predicted molar refractivity (Wildman–Crippen MR) is 114 cm³/mol. The average molecular weight is 394 g/mol. The van der Waals surface area contributed by atoms with Gasteiger partial charge in [0.15, 0.2) is 5.96 Å². The normalized spacial score (nSPS) is 15.7. The Bertz CT molecular complexity index is 894. The molecule has 1 fully saturated rings. The number of hydrogen-bond donors (Lipinski definition) is 2. The molecular weight excluding hydrogens is 365 g/mol. The van der Waals surface area contributed by atoms with Gasteiger partial charge in [0.1, 0.15) is 5.82 Å². The van der Waals surface area contributed by atoms with E-state index in [1.807, 2.05) is 6.07 Å². The van der Waals surface area contributed by atoms with Crippen LogP contribution in [-0.4, -0.2) is 37.0 Å². The standard InChI is InChI=1S/C23H28FN5/c1-17-5-3-4-6-19(17)16-29-11-9-21(10-12-29)28-23(26-2)27-15-20-13-18(14-25)7-8-22(20)24/h3-8,13,21H,9-12,15-16H2,1-2H3,(H2,26,27,28). The third kappa shape index (κ3) is 5.78. The Morgan fingerprint density at radius 2 is 1.97 bits per heavy atom. The molecule has 0 aromatic heterocycles. The quantitative estimate of drug-likeness (QED) is 0.604. The van der Waals surface area contributed by atoms with Crippen molar-refractivity contribution in [2.24, 2.45) is 4.99 Å². The molecule has 2 aromatic rings. The lowest BCUT2D eigenvalue weighted by Crippen LogP contribution is -2.48. The molecule has 2 N–H and O–H groups in total. The molecule has 0 atom stereocenters. The topological polar surface area (TPSA) is 63.5 Å². The number of piperidine rings is 1. The van der Waals surface area contributed by atoms with Gasteiger partial charge in [0.2, 0.25) is 0 Å². The SMILES string of the molecule is CN=C(NCc1cc(C#N)ccc1F)NC1CCN(Cc2ccccc2C)CC1. The fraction of sp³-hybridized carbons (Fsp3) is 0.391. The molecule has 0 aliphatic carbocycles. The maximum atomic E-state index is 14.0. The molecule has 0 unspecified atom stereocenters. The fourth-order valence-electron chi connectivity index (χ4n) is 3.61.